The summed E-state index contributed by atoms with van der Waals surface area (Å²) in [6.45, 7) is 1.79. The number of hydrogen-bond donors (Lipinski definition) is 1. The molecule has 0 aromatic heterocycles. The predicted octanol–water partition coefficient (Wildman–Crippen LogP) is 2.48. The number of nitrogens with zero attached hydrogens (tertiary/aromatic N) is 1. The quantitative estimate of drug-likeness (QED) is 0.839. The van der Waals surface area contributed by atoms with E-state index in [4.69, 9.17) is 9.47 Å². The van der Waals surface area contributed by atoms with Gasteiger partial charge in [-0.1, -0.05) is 23.8 Å². The highest BCUT2D eigenvalue weighted by molar-refractivity contribution is 5.94. The SMILES string of the molecule is COc1cccc(NC(=O)CN(C)C(=O)COc2ccc(C)cc2)c1. The first-order chi connectivity index (χ1) is 12.0. The van der Waals surface area contributed by atoms with Crippen molar-refractivity contribution in [1.29, 1.82) is 0 Å². The highest BCUT2D eigenvalue weighted by atomic mass is 16.5. The molecule has 0 aliphatic carbocycles. The maximum atomic E-state index is 12.1. The van der Waals surface area contributed by atoms with E-state index in [1.807, 2.05) is 19.1 Å². The van der Waals surface area contributed by atoms with Crippen molar-refractivity contribution in [2.45, 2.75) is 6.92 Å². The third kappa shape index (κ3) is 5.84. The molecule has 0 aliphatic heterocycles. The smallest absolute Gasteiger partial charge is 0.260 e. The molecule has 2 aromatic carbocycles. The van der Waals surface area contributed by atoms with Crippen molar-refractivity contribution in [3.63, 3.8) is 0 Å². The second-order valence-electron chi connectivity index (χ2n) is 5.63. The summed E-state index contributed by atoms with van der Waals surface area (Å²) in [5.41, 5.74) is 1.73. The Kier molecular flexibility index (Phi) is 6.39. The van der Waals surface area contributed by atoms with Gasteiger partial charge in [0.25, 0.3) is 5.91 Å². The Morgan fingerprint density at radius 2 is 1.80 bits per heavy atom. The lowest BCUT2D eigenvalue weighted by Gasteiger charge is -2.17. The van der Waals surface area contributed by atoms with Crippen LogP contribution in [0.25, 0.3) is 0 Å². The van der Waals surface area contributed by atoms with Crippen molar-refractivity contribution in [3.8, 4) is 11.5 Å². The van der Waals surface area contributed by atoms with Crippen LogP contribution in [0.4, 0.5) is 5.69 Å². The molecule has 0 bridgehead atoms. The number of likely N-dealkylation sites (N-methyl/N-ethyl adjacent to an activating group) is 1. The summed E-state index contributed by atoms with van der Waals surface area (Å²) in [5.74, 6) is 0.697. The van der Waals surface area contributed by atoms with Crippen molar-refractivity contribution >= 4 is 17.5 Å². The molecular weight excluding hydrogens is 320 g/mol. The second-order valence-corrected chi connectivity index (χ2v) is 5.63. The second kappa shape index (κ2) is 8.73. The van der Waals surface area contributed by atoms with Gasteiger partial charge in [-0.3, -0.25) is 9.59 Å². The number of hydrogen-bond acceptors (Lipinski definition) is 4. The lowest BCUT2D eigenvalue weighted by atomic mass is 10.2. The van der Waals surface area contributed by atoms with Gasteiger partial charge in [0.05, 0.1) is 13.7 Å². The molecule has 0 heterocycles. The van der Waals surface area contributed by atoms with E-state index in [2.05, 4.69) is 5.32 Å². The van der Waals surface area contributed by atoms with Gasteiger partial charge < -0.3 is 19.7 Å². The number of ether oxygens (including phenoxy) is 2. The Labute approximate surface area is 147 Å². The maximum Gasteiger partial charge on any atom is 0.260 e. The minimum atomic E-state index is -0.292. The number of carbonyl (C=O) groups excluding carboxylic acids is 2. The van der Waals surface area contributed by atoms with Gasteiger partial charge in [-0.25, -0.2) is 0 Å². The Hall–Kier alpha value is -3.02. The van der Waals surface area contributed by atoms with Crippen molar-refractivity contribution in [2.75, 3.05) is 32.6 Å². The number of benzene rings is 2. The number of rotatable bonds is 7. The molecule has 0 spiro atoms. The summed E-state index contributed by atoms with van der Waals surface area (Å²) in [6.07, 6.45) is 0. The molecular formula is C19H22N2O4. The molecule has 0 radical (unpaired) electrons. The van der Waals surface area contributed by atoms with E-state index in [-0.39, 0.29) is 25.0 Å². The fraction of sp³-hybridized carbons (Fsp3) is 0.263. The number of methoxy groups -OCH3 is 1. The first-order valence-electron chi connectivity index (χ1n) is 7.85. The summed E-state index contributed by atoms with van der Waals surface area (Å²) < 4.78 is 10.5. The molecule has 0 atom stereocenters. The van der Waals surface area contributed by atoms with Crippen LogP contribution in [-0.2, 0) is 9.59 Å². The van der Waals surface area contributed by atoms with Crippen LogP contribution in [0.5, 0.6) is 11.5 Å². The van der Waals surface area contributed by atoms with Crippen LogP contribution in [0.1, 0.15) is 5.56 Å². The number of aryl methyl sites for hydroxylation is 1. The van der Waals surface area contributed by atoms with E-state index in [1.54, 1.807) is 50.6 Å². The van der Waals surface area contributed by atoms with Gasteiger partial charge >= 0.3 is 0 Å². The molecule has 0 unspecified atom stereocenters. The van der Waals surface area contributed by atoms with Crippen LogP contribution in [-0.4, -0.2) is 44.0 Å². The summed E-state index contributed by atoms with van der Waals surface area (Å²) in [6, 6.07) is 14.4. The molecule has 2 rings (SSSR count). The number of nitrogens with one attached hydrogen (secondary N) is 1. The van der Waals surface area contributed by atoms with Gasteiger partial charge in [0.15, 0.2) is 6.61 Å². The Balaban J connectivity index is 1.81. The van der Waals surface area contributed by atoms with Crippen LogP contribution in [0.15, 0.2) is 48.5 Å². The maximum absolute atomic E-state index is 12.1. The van der Waals surface area contributed by atoms with E-state index in [0.29, 0.717) is 17.2 Å². The average molecular weight is 342 g/mol. The van der Waals surface area contributed by atoms with Crippen LogP contribution in [0.2, 0.25) is 0 Å². The summed E-state index contributed by atoms with van der Waals surface area (Å²) >= 11 is 0. The van der Waals surface area contributed by atoms with Crippen LogP contribution < -0.4 is 14.8 Å². The van der Waals surface area contributed by atoms with Crippen molar-refractivity contribution in [3.05, 3.63) is 54.1 Å². The zero-order valence-corrected chi connectivity index (χ0v) is 14.6. The van der Waals surface area contributed by atoms with Gasteiger partial charge in [0.1, 0.15) is 11.5 Å². The molecule has 0 fully saturated rings. The molecule has 2 aromatic rings. The van der Waals surface area contributed by atoms with E-state index in [0.717, 1.165) is 5.56 Å². The predicted molar refractivity (Wildman–Crippen MR) is 95.9 cm³/mol. The minimum absolute atomic E-state index is 0.0622. The fourth-order valence-corrected chi connectivity index (χ4v) is 2.09. The summed E-state index contributed by atoms with van der Waals surface area (Å²) in [7, 11) is 3.12. The average Bonchev–Trinajstić information content (AvgIpc) is 2.61. The van der Waals surface area contributed by atoms with E-state index in [1.165, 1.54) is 4.90 Å². The third-order valence-electron chi connectivity index (χ3n) is 3.54. The van der Waals surface area contributed by atoms with Gasteiger partial charge in [-0.2, -0.15) is 0 Å². The molecule has 0 saturated heterocycles. The first kappa shape index (κ1) is 18.3. The highest BCUT2D eigenvalue weighted by Crippen LogP contribution is 2.16. The molecule has 6 nitrogen and oxygen atoms in total. The lowest BCUT2D eigenvalue weighted by Crippen LogP contribution is -2.37. The van der Waals surface area contributed by atoms with Crippen molar-refractivity contribution in [2.24, 2.45) is 0 Å². The van der Waals surface area contributed by atoms with Gasteiger partial charge in [-0.15, -0.1) is 0 Å². The number of carbonyl (C=O) groups is 2. The van der Waals surface area contributed by atoms with Gasteiger partial charge in [0.2, 0.25) is 5.91 Å². The molecule has 25 heavy (non-hydrogen) atoms. The summed E-state index contributed by atoms with van der Waals surface area (Å²) in [5, 5.41) is 2.73. The van der Waals surface area contributed by atoms with Crippen molar-refractivity contribution < 1.29 is 19.1 Å². The first-order valence-corrected chi connectivity index (χ1v) is 7.85. The highest BCUT2D eigenvalue weighted by Gasteiger charge is 2.14. The number of amides is 2. The normalized spacial score (nSPS) is 10.0. The van der Waals surface area contributed by atoms with Crippen LogP contribution in [0, 0.1) is 6.92 Å². The number of anilines is 1. The molecule has 132 valence electrons. The topological polar surface area (TPSA) is 67.9 Å². The van der Waals surface area contributed by atoms with E-state index in [9.17, 15) is 9.59 Å². The monoisotopic (exact) mass is 342 g/mol. The van der Waals surface area contributed by atoms with E-state index >= 15 is 0 Å². The van der Waals surface area contributed by atoms with Crippen molar-refractivity contribution in [1.82, 2.24) is 4.90 Å². The summed E-state index contributed by atoms with van der Waals surface area (Å²) in [4.78, 5) is 25.4. The fourth-order valence-electron chi connectivity index (χ4n) is 2.09. The molecule has 0 aliphatic rings. The van der Waals surface area contributed by atoms with Crippen LogP contribution >= 0.6 is 0 Å². The third-order valence-corrected chi connectivity index (χ3v) is 3.54. The standard InChI is InChI=1S/C19H22N2O4/c1-14-7-9-16(10-8-14)25-13-19(23)21(2)12-18(22)20-15-5-4-6-17(11-15)24-3/h4-11H,12-13H2,1-3H3,(H,20,22). The minimum Gasteiger partial charge on any atom is -0.497 e. The van der Waals surface area contributed by atoms with Crippen LogP contribution in [0.3, 0.4) is 0 Å². The molecule has 2 amide bonds. The molecule has 1 N–H and O–H groups in total. The lowest BCUT2D eigenvalue weighted by molar-refractivity contribution is -0.135. The molecule has 6 heteroatoms. The Morgan fingerprint density at radius 3 is 2.48 bits per heavy atom. The zero-order chi connectivity index (χ0) is 18.2. The Bertz CT molecular complexity index is 728. The van der Waals surface area contributed by atoms with E-state index < -0.39 is 0 Å². The van der Waals surface area contributed by atoms with Gasteiger partial charge in [0, 0.05) is 18.8 Å². The molecule has 0 saturated carbocycles. The largest absolute Gasteiger partial charge is 0.497 e. The zero-order valence-electron chi connectivity index (χ0n) is 14.6. The Morgan fingerprint density at radius 1 is 1.08 bits per heavy atom. The van der Waals surface area contributed by atoms with Gasteiger partial charge in [-0.05, 0) is 31.2 Å².